The van der Waals surface area contributed by atoms with Crippen LogP contribution < -0.4 is 21.5 Å². The van der Waals surface area contributed by atoms with Crippen molar-refractivity contribution in [2.24, 2.45) is 11.1 Å². The zero-order chi connectivity index (χ0) is 24.2. The Balaban J connectivity index is 1.25. The summed E-state index contributed by atoms with van der Waals surface area (Å²) in [5, 5.41) is 10.7. The number of hydrogen-bond acceptors (Lipinski definition) is 7. The molecule has 1 fully saturated rings. The summed E-state index contributed by atoms with van der Waals surface area (Å²) >= 11 is 0. The van der Waals surface area contributed by atoms with Crippen molar-refractivity contribution in [1.29, 1.82) is 0 Å². The number of nitrogens with zero attached hydrogens (tertiary/aromatic N) is 4. The van der Waals surface area contributed by atoms with E-state index in [9.17, 15) is 4.79 Å². The van der Waals surface area contributed by atoms with Gasteiger partial charge in [0.25, 0.3) is 5.56 Å². The van der Waals surface area contributed by atoms with Crippen LogP contribution >= 0.6 is 0 Å². The van der Waals surface area contributed by atoms with Crippen LogP contribution in [0.15, 0.2) is 54.0 Å². The molecule has 4 heterocycles. The summed E-state index contributed by atoms with van der Waals surface area (Å²) < 4.78 is 0. The molecule has 0 amide bonds. The Morgan fingerprint density at radius 1 is 1.26 bits per heavy atom. The Bertz CT molecular complexity index is 1490. The van der Waals surface area contributed by atoms with Crippen molar-refractivity contribution in [3.05, 3.63) is 81.9 Å². The number of benzene rings is 1. The quantitative estimate of drug-likeness (QED) is 0.362. The number of hydrogen-bond donors (Lipinski definition) is 4. The highest BCUT2D eigenvalue weighted by Crippen LogP contribution is 2.50. The first kappa shape index (κ1) is 21.5. The van der Waals surface area contributed by atoms with E-state index in [2.05, 4.69) is 61.2 Å². The highest BCUT2D eigenvalue weighted by molar-refractivity contribution is 5.92. The zero-order valence-corrected chi connectivity index (χ0v) is 19.6. The van der Waals surface area contributed by atoms with Crippen LogP contribution in [-0.2, 0) is 6.42 Å². The van der Waals surface area contributed by atoms with E-state index in [1.807, 2.05) is 12.1 Å². The molecule has 35 heavy (non-hydrogen) atoms. The summed E-state index contributed by atoms with van der Waals surface area (Å²) in [4.78, 5) is 27.2. The fourth-order valence-electron chi connectivity index (χ4n) is 5.66. The summed E-state index contributed by atoms with van der Waals surface area (Å²) in [5.41, 5.74) is 11.6. The van der Waals surface area contributed by atoms with E-state index in [0.717, 1.165) is 37.9 Å². The van der Waals surface area contributed by atoms with Crippen molar-refractivity contribution in [3.63, 3.8) is 0 Å². The second-order valence-corrected chi connectivity index (χ2v) is 9.55. The number of anilines is 2. The van der Waals surface area contributed by atoms with Crippen LogP contribution in [0.1, 0.15) is 41.3 Å². The number of aromatic amines is 2. The lowest BCUT2D eigenvalue weighted by Gasteiger charge is -2.42. The minimum Gasteiger partial charge on any atom is -0.373 e. The van der Waals surface area contributed by atoms with E-state index < -0.39 is 0 Å². The fourth-order valence-corrected chi connectivity index (χ4v) is 5.66. The number of H-pyrrole nitrogens is 2. The van der Waals surface area contributed by atoms with Crippen LogP contribution in [0, 0.1) is 5.41 Å². The van der Waals surface area contributed by atoms with Gasteiger partial charge >= 0.3 is 0 Å². The maximum Gasteiger partial charge on any atom is 0.264 e. The molecule has 9 nitrogen and oxygen atoms in total. The first-order chi connectivity index (χ1) is 17.0. The molecule has 178 valence electrons. The van der Waals surface area contributed by atoms with Crippen molar-refractivity contribution in [2.45, 2.75) is 25.3 Å². The smallest absolute Gasteiger partial charge is 0.264 e. The highest BCUT2D eigenvalue weighted by atomic mass is 16.1. The Labute approximate surface area is 202 Å². The number of fused-ring (bicyclic) bond motifs is 2. The summed E-state index contributed by atoms with van der Waals surface area (Å²) in [6.07, 6.45) is 4.61. The van der Waals surface area contributed by atoms with E-state index in [1.54, 1.807) is 13.2 Å². The number of pyridine rings is 1. The average Bonchev–Trinajstić information content (AvgIpc) is 3.44. The molecule has 3 aromatic heterocycles. The summed E-state index contributed by atoms with van der Waals surface area (Å²) in [7, 11) is 1.80. The molecule has 1 aliphatic carbocycles. The molecule has 0 bridgehead atoms. The van der Waals surface area contributed by atoms with Gasteiger partial charge < -0.3 is 16.0 Å². The Morgan fingerprint density at radius 2 is 2.06 bits per heavy atom. The summed E-state index contributed by atoms with van der Waals surface area (Å²) in [6, 6.07) is 12.3. The van der Waals surface area contributed by atoms with Gasteiger partial charge in [0.05, 0.1) is 0 Å². The van der Waals surface area contributed by atoms with Gasteiger partial charge in [0.15, 0.2) is 5.65 Å². The van der Waals surface area contributed by atoms with E-state index in [0.29, 0.717) is 34.1 Å². The average molecular weight is 469 g/mol. The number of rotatable bonds is 4. The predicted octanol–water partition coefficient (Wildman–Crippen LogP) is 2.99. The molecule has 2 aliphatic rings. The van der Waals surface area contributed by atoms with Crippen molar-refractivity contribution in [2.75, 3.05) is 30.4 Å². The van der Waals surface area contributed by atoms with Gasteiger partial charge in [-0.15, -0.1) is 0 Å². The number of aromatic nitrogens is 5. The van der Waals surface area contributed by atoms with E-state index >= 15 is 0 Å². The second-order valence-electron chi connectivity index (χ2n) is 9.55. The second kappa shape index (κ2) is 8.06. The Morgan fingerprint density at radius 3 is 2.83 bits per heavy atom. The summed E-state index contributed by atoms with van der Waals surface area (Å²) in [6.45, 7) is 5.74. The lowest BCUT2D eigenvalue weighted by molar-refractivity contribution is 0.187. The van der Waals surface area contributed by atoms with E-state index in [-0.39, 0.29) is 17.0 Å². The van der Waals surface area contributed by atoms with Crippen LogP contribution in [0.4, 0.5) is 11.8 Å². The lowest BCUT2D eigenvalue weighted by atomic mass is 9.73. The van der Waals surface area contributed by atoms with Crippen LogP contribution in [0.2, 0.25) is 0 Å². The third-order valence-electron chi connectivity index (χ3n) is 7.72. The first-order valence-corrected chi connectivity index (χ1v) is 11.9. The third-order valence-corrected chi connectivity index (χ3v) is 7.72. The summed E-state index contributed by atoms with van der Waals surface area (Å²) in [5.74, 6) is 1.27. The minimum absolute atomic E-state index is 0.0492. The van der Waals surface area contributed by atoms with Gasteiger partial charge in [-0.1, -0.05) is 30.8 Å². The van der Waals surface area contributed by atoms with Gasteiger partial charge in [-0.25, -0.2) is 4.98 Å². The number of piperidine rings is 1. The highest BCUT2D eigenvalue weighted by Gasteiger charge is 2.46. The van der Waals surface area contributed by atoms with E-state index in [4.69, 9.17) is 10.7 Å². The van der Waals surface area contributed by atoms with Crippen LogP contribution in [0.5, 0.6) is 0 Å². The molecular formula is C26H28N8O. The Kier molecular flexibility index (Phi) is 4.96. The molecule has 5 N–H and O–H groups in total. The topological polar surface area (TPSA) is 129 Å². The normalized spacial score (nSPS) is 18.7. The maximum absolute atomic E-state index is 13.2. The SMILES string of the molecule is C=C(c1ccnc(NC)c1)c1n[nH]c2nc(N3CCC4(CC3)Cc3ccccc3[C@H]4N)[nH]c(=O)c12. The molecule has 1 saturated heterocycles. The van der Waals surface area contributed by atoms with Crippen molar-refractivity contribution in [1.82, 2.24) is 25.1 Å². The van der Waals surface area contributed by atoms with Crippen LogP contribution in [0.3, 0.4) is 0 Å². The van der Waals surface area contributed by atoms with Gasteiger partial charge in [-0.3, -0.25) is 14.9 Å². The van der Waals surface area contributed by atoms with Crippen molar-refractivity contribution >= 4 is 28.4 Å². The number of nitrogens with one attached hydrogen (secondary N) is 3. The molecule has 1 aromatic carbocycles. The monoisotopic (exact) mass is 468 g/mol. The molecule has 4 aromatic rings. The van der Waals surface area contributed by atoms with Crippen LogP contribution in [0.25, 0.3) is 16.6 Å². The van der Waals surface area contributed by atoms with Gasteiger partial charge in [0, 0.05) is 37.9 Å². The van der Waals surface area contributed by atoms with Gasteiger partial charge in [0.2, 0.25) is 5.95 Å². The Hall–Kier alpha value is -3.98. The van der Waals surface area contributed by atoms with E-state index in [1.165, 1.54) is 11.1 Å². The largest absolute Gasteiger partial charge is 0.373 e. The molecule has 1 atom stereocenters. The minimum atomic E-state index is -0.233. The molecule has 1 aliphatic heterocycles. The molecule has 9 heteroatoms. The zero-order valence-electron chi connectivity index (χ0n) is 19.6. The standard InChI is InChI=1S/C26H28N8O/c1-15(16-7-10-29-19(13-16)28-2)21-20-23(33-32-21)30-25(31-24(20)35)34-11-8-26(9-12-34)14-17-5-3-4-6-18(17)22(26)27/h3-7,10,13,22H,1,8-9,11-12,14,27H2,2H3,(H,28,29)(H2,30,31,32,33,35)/t22-/m1/s1. The predicted molar refractivity (Wildman–Crippen MR) is 137 cm³/mol. The van der Waals surface area contributed by atoms with Gasteiger partial charge in [-0.05, 0) is 53.5 Å². The van der Waals surface area contributed by atoms with Gasteiger partial charge in [0.1, 0.15) is 16.9 Å². The number of nitrogens with two attached hydrogens (primary N) is 1. The third kappa shape index (κ3) is 3.42. The molecule has 6 rings (SSSR count). The molecular weight excluding hydrogens is 440 g/mol. The molecule has 0 radical (unpaired) electrons. The van der Waals surface area contributed by atoms with Crippen molar-refractivity contribution in [3.8, 4) is 0 Å². The molecule has 1 spiro atoms. The molecule has 0 saturated carbocycles. The van der Waals surface area contributed by atoms with Gasteiger partial charge in [-0.2, -0.15) is 10.1 Å². The van der Waals surface area contributed by atoms with Crippen LogP contribution in [-0.4, -0.2) is 45.3 Å². The maximum atomic E-state index is 13.2. The first-order valence-electron chi connectivity index (χ1n) is 11.9. The van der Waals surface area contributed by atoms with Crippen molar-refractivity contribution < 1.29 is 0 Å². The fraction of sp³-hybridized carbons (Fsp3) is 0.308. The molecule has 0 unspecified atom stereocenters. The lowest BCUT2D eigenvalue weighted by Crippen LogP contribution is -2.45.